The van der Waals surface area contributed by atoms with Crippen LogP contribution in [0.4, 0.5) is 18.9 Å². The number of carbonyl (C=O) groups excluding carboxylic acids is 2. The second-order valence-corrected chi connectivity index (χ2v) is 10.0. The number of benzene rings is 1. The number of pyridine rings is 1. The van der Waals surface area contributed by atoms with Gasteiger partial charge in [-0.05, 0) is 56.7 Å². The van der Waals surface area contributed by atoms with Crippen molar-refractivity contribution in [2.45, 2.75) is 39.5 Å². The Kier molecular flexibility index (Phi) is 8.07. The number of hydrogen-bond donors (Lipinski definition) is 2. The molecule has 0 aliphatic rings. The first-order chi connectivity index (χ1) is 18.3. The number of carbonyl (C=O) groups is 2. The maximum absolute atomic E-state index is 13.6. The van der Waals surface area contributed by atoms with Gasteiger partial charge in [-0.2, -0.15) is 28.2 Å². The van der Waals surface area contributed by atoms with Gasteiger partial charge in [0.1, 0.15) is 12.2 Å². The predicted octanol–water partition coefficient (Wildman–Crippen LogP) is 5.04. The van der Waals surface area contributed by atoms with Crippen molar-refractivity contribution in [3.63, 3.8) is 0 Å². The highest BCUT2D eigenvalue weighted by atomic mass is 79.9. The summed E-state index contributed by atoms with van der Waals surface area (Å²) in [7, 11) is 0. The topological polar surface area (TPSA) is 120 Å². The third kappa shape index (κ3) is 6.45. The maximum Gasteiger partial charge on any atom is 0.436 e. The van der Waals surface area contributed by atoms with Crippen LogP contribution in [0.25, 0.3) is 5.82 Å². The number of aryl methyl sites for hydroxylation is 1. The van der Waals surface area contributed by atoms with Crippen molar-refractivity contribution >= 4 is 45.0 Å². The van der Waals surface area contributed by atoms with E-state index in [2.05, 4.69) is 46.8 Å². The largest absolute Gasteiger partial charge is 0.436 e. The Bertz CT molecular complexity index is 1550. The van der Waals surface area contributed by atoms with E-state index in [0.29, 0.717) is 16.2 Å². The van der Waals surface area contributed by atoms with Crippen LogP contribution in [0.2, 0.25) is 5.02 Å². The first-order valence-corrected chi connectivity index (χ1v) is 12.6. The fourth-order valence-corrected chi connectivity index (χ4v) is 4.39. The van der Waals surface area contributed by atoms with Gasteiger partial charge in [-0.15, -0.1) is 5.10 Å². The summed E-state index contributed by atoms with van der Waals surface area (Å²) in [4.78, 5) is 31.5. The zero-order valence-electron chi connectivity index (χ0n) is 20.7. The number of nitrogens with zero attached hydrogens (tertiary/aromatic N) is 6. The van der Waals surface area contributed by atoms with Crippen LogP contribution in [0.15, 0.2) is 47.2 Å². The lowest BCUT2D eigenvalue weighted by Crippen LogP contribution is -2.31. The summed E-state index contributed by atoms with van der Waals surface area (Å²) >= 11 is 9.69. The van der Waals surface area contributed by atoms with Crippen LogP contribution < -0.4 is 10.6 Å². The molecule has 0 unspecified atom stereocenters. The minimum Gasteiger partial charge on any atom is -0.350 e. The van der Waals surface area contributed by atoms with Crippen LogP contribution >= 0.6 is 27.5 Å². The number of rotatable bonds is 7. The van der Waals surface area contributed by atoms with E-state index in [1.807, 2.05) is 13.8 Å². The third-order valence-electron chi connectivity index (χ3n) is 5.27. The zero-order valence-corrected chi connectivity index (χ0v) is 23.1. The normalized spacial score (nSPS) is 11.6. The van der Waals surface area contributed by atoms with E-state index >= 15 is 0 Å². The van der Waals surface area contributed by atoms with Crippen LogP contribution in [0.5, 0.6) is 0 Å². The molecule has 0 fully saturated rings. The summed E-state index contributed by atoms with van der Waals surface area (Å²) in [6, 6.07) is 7.67. The second-order valence-electron chi connectivity index (χ2n) is 8.73. The van der Waals surface area contributed by atoms with E-state index in [4.69, 9.17) is 11.6 Å². The number of alkyl halides is 3. The maximum atomic E-state index is 13.6. The number of halogens is 5. The Balaban J connectivity index is 1.74. The molecule has 0 spiro atoms. The smallest absolute Gasteiger partial charge is 0.350 e. The molecule has 0 aliphatic carbocycles. The summed E-state index contributed by atoms with van der Waals surface area (Å²) in [6.45, 7) is 5.08. The molecule has 2 N–H and O–H groups in total. The van der Waals surface area contributed by atoms with E-state index in [-0.39, 0.29) is 46.1 Å². The lowest BCUT2D eigenvalue weighted by molar-refractivity contribution is -0.141. The molecule has 3 heterocycles. The molecule has 4 aromatic rings. The van der Waals surface area contributed by atoms with Crippen molar-refractivity contribution in [1.29, 1.82) is 0 Å². The van der Waals surface area contributed by atoms with Crippen molar-refractivity contribution < 1.29 is 22.8 Å². The van der Waals surface area contributed by atoms with E-state index in [9.17, 15) is 22.8 Å². The standard InChI is InChI=1S/C24H21BrClF3N8O2/c1-12(2)32-22(38)16-8-14(25)7-13(3)20(16)33-23(39)18-9-15(11-36-31-10-19(35-36)24(27,28)29)34-37(18)21-17(26)5-4-6-30-21/h4-10,12H,11H2,1-3H3,(H,32,38)(H,33,39). The number of nitrogens with one attached hydrogen (secondary N) is 2. The fraction of sp³-hybridized carbons (Fsp3) is 0.250. The molecular weight excluding hydrogens is 605 g/mol. The molecule has 0 saturated heterocycles. The summed E-state index contributed by atoms with van der Waals surface area (Å²) in [6.07, 6.45) is -2.62. The molecule has 3 aromatic heterocycles. The minimum absolute atomic E-state index is 0.0358. The van der Waals surface area contributed by atoms with E-state index < -0.39 is 23.7 Å². The highest BCUT2D eigenvalue weighted by Gasteiger charge is 2.34. The van der Waals surface area contributed by atoms with Gasteiger partial charge in [-0.3, -0.25) is 9.59 Å². The molecule has 0 bridgehead atoms. The highest BCUT2D eigenvalue weighted by Crippen LogP contribution is 2.28. The van der Waals surface area contributed by atoms with Gasteiger partial charge in [0.25, 0.3) is 11.8 Å². The van der Waals surface area contributed by atoms with Crippen LogP contribution in [-0.4, -0.2) is 47.6 Å². The third-order valence-corrected chi connectivity index (χ3v) is 6.02. The second kappa shape index (κ2) is 11.1. The van der Waals surface area contributed by atoms with Crippen LogP contribution in [-0.2, 0) is 12.7 Å². The first-order valence-electron chi connectivity index (χ1n) is 11.4. The lowest BCUT2D eigenvalue weighted by atomic mass is 10.1. The summed E-state index contributed by atoms with van der Waals surface area (Å²) in [5.74, 6) is -0.939. The number of hydrogen-bond acceptors (Lipinski definition) is 6. The van der Waals surface area contributed by atoms with Crippen molar-refractivity contribution in [2.24, 2.45) is 0 Å². The summed E-state index contributed by atoms with van der Waals surface area (Å²) in [5, 5.41) is 17.2. The molecule has 39 heavy (non-hydrogen) atoms. The Labute approximate surface area is 233 Å². The van der Waals surface area contributed by atoms with Crippen molar-refractivity contribution in [3.8, 4) is 5.82 Å². The van der Waals surface area contributed by atoms with Crippen molar-refractivity contribution in [3.05, 3.63) is 80.4 Å². The monoisotopic (exact) mass is 624 g/mol. The lowest BCUT2D eigenvalue weighted by Gasteiger charge is -2.16. The highest BCUT2D eigenvalue weighted by molar-refractivity contribution is 9.10. The number of amides is 2. The average molecular weight is 626 g/mol. The van der Waals surface area contributed by atoms with Crippen LogP contribution in [0, 0.1) is 6.92 Å². The minimum atomic E-state index is -4.66. The first kappa shape index (κ1) is 28.2. The van der Waals surface area contributed by atoms with Crippen LogP contribution in [0.1, 0.15) is 51.6 Å². The van der Waals surface area contributed by atoms with Gasteiger partial charge in [0, 0.05) is 16.7 Å². The van der Waals surface area contributed by atoms with E-state index in [0.717, 1.165) is 4.80 Å². The Morgan fingerprint density at radius 3 is 2.54 bits per heavy atom. The molecule has 204 valence electrons. The molecule has 0 aliphatic heterocycles. The Hall–Kier alpha value is -3.78. The molecule has 2 amide bonds. The van der Waals surface area contributed by atoms with Gasteiger partial charge < -0.3 is 10.6 Å². The Morgan fingerprint density at radius 2 is 1.90 bits per heavy atom. The summed E-state index contributed by atoms with van der Waals surface area (Å²) in [5.41, 5.74) is 0.0699. The molecule has 1 aromatic carbocycles. The van der Waals surface area contributed by atoms with Gasteiger partial charge in [-0.1, -0.05) is 27.5 Å². The van der Waals surface area contributed by atoms with Crippen molar-refractivity contribution in [2.75, 3.05) is 5.32 Å². The molecule has 15 heteroatoms. The predicted molar refractivity (Wildman–Crippen MR) is 140 cm³/mol. The SMILES string of the molecule is Cc1cc(Br)cc(C(=O)NC(C)C)c1NC(=O)c1cc(Cn2ncc(C(F)(F)F)n2)nn1-c1ncccc1Cl. The quantitative estimate of drug-likeness (QED) is 0.297. The molecular formula is C24H21BrClF3N8O2. The fourth-order valence-electron chi connectivity index (χ4n) is 3.62. The van der Waals surface area contributed by atoms with Gasteiger partial charge in [0.2, 0.25) is 0 Å². The van der Waals surface area contributed by atoms with Gasteiger partial charge in [0.15, 0.2) is 11.5 Å². The van der Waals surface area contributed by atoms with Gasteiger partial charge in [-0.25, -0.2) is 9.67 Å². The van der Waals surface area contributed by atoms with Crippen LogP contribution in [0.3, 0.4) is 0 Å². The summed E-state index contributed by atoms with van der Waals surface area (Å²) < 4.78 is 40.7. The van der Waals surface area contributed by atoms with Crippen molar-refractivity contribution in [1.82, 2.24) is 35.1 Å². The number of anilines is 1. The Morgan fingerprint density at radius 1 is 1.15 bits per heavy atom. The molecule has 0 saturated carbocycles. The zero-order chi connectivity index (χ0) is 28.5. The molecule has 0 radical (unpaired) electrons. The van der Waals surface area contributed by atoms with E-state index in [1.54, 1.807) is 31.2 Å². The molecule has 4 rings (SSSR count). The van der Waals surface area contributed by atoms with Gasteiger partial charge >= 0.3 is 6.18 Å². The molecule has 10 nitrogen and oxygen atoms in total. The average Bonchev–Trinajstić information content (AvgIpc) is 3.48. The number of aromatic nitrogens is 6. The molecule has 0 atom stereocenters. The van der Waals surface area contributed by atoms with Gasteiger partial charge in [0.05, 0.1) is 28.2 Å². The van der Waals surface area contributed by atoms with E-state index in [1.165, 1.54) is 16.9 Å².